The second kappa shape index (κ2) is 4.40. The van der Waals surface area contributed by atoms with Crippen molar-refractivity contribution in [2.45, 2.75) is 59.0 Å². The zero-order valence-electron chi connectivity index (χ0n) is 10.8. The minimum atomic E-state index is -0.465. The van der Waals surface area contributed by atoms with E-state index in [4.69, 9.17) is 14.2 Å². The van der Waals surface area contributed by atoms with E-state index in [0.29, 0.717) is 0 Å². The maximum absolute atomic E-state index is 5.96. The number of hydrogen-bond donors (Lipinski definition) is 0. The predicted molar refractivity (Wildman–Crippen MR) is 59.8 cm³/mol. The van der Waals surface area contributed by atoms with Gasteiger partial charge in [0, 0.05) is 18.9 Å². The summed E-state index contributed by atoms with van der Waals surface area (Å²) in [4.78, 5) is 0. The highest BCUT2D eigenvalue weighted by atomic mass is 16.7. The number of ether oxygens (including phenoxy) is 3. The van der Waals surface area contributed by atoms with Gasteiger partial charge >= 0.3 is 0 Å². The molecule has 1 rings (SSSR count). The van der Waals surface area contributed by atoms with Crippen LogP contribution in [-0.2, 0) is 14.2 Å². The Morgan fingerprint density at radius 1 is 1.33 bits per heavy atom. The third-order valence-electron chi connectivity index (χ3n) is 3.04. The van der Waals surface area contributed by atoms with Crippen molar-refractivity contribution in [3.05, 3.63) is 0 Å². The lowest BCUT2D eigenvalue weighted by Gasteiger charge is -2.46. The molecule has 0 amide bonds. The molecule has 0 saturated carbocycles. The highest BCUT2D eigenvalue weighted by Gasteiger charge is 2.42. The Hall–Kier alpha value is -0.120. The van der Waals surface area contributed by atoms with Gasteiger partial charge in [-0.3, -0.25) is 0 Å². The lowest BCUT2D eigenvalue weighted by Crippen LogP contribution is -2.51. The Bertz CT molecular complexity index is 211. The molecule has 0 radical (unpaired) electrons. The summed E-state index contributed by atoms with van der Waals surface area (Å²) < 4.78 is 16.9. The van der Waals surface area contributed by atoms with Crippen molar-refractivity contribution in [2.75, 3.05) is 13.7 Å². The second-order valence-corrected chi connectivity index (χ2v) is 5.57. The normalized spacial score (nSPS) is 31.2. The highest BCUT2D eigenvalue weighted by Crippen LogP contribution is 2.37. The smallest absolute Gasteiger partial charge is 0.163 e. The summed E-state index contributed by atoms with van der Waals surface area (Å²) in [5.41, 5.74) is 0.0578. The van der Waals surface area contributed by atoms with Crippen molar-refractivity contribution in [3.8, 4) is 0 Å². The van der Waals surface area contributed by atoms with Crippen molar-refractivity contribution in [1.29, 1.82) is 0 Å². The summed E-state index contributed by atoms with van der Waals surface area (Å²) in [7, 11) is 1.74. The predicted octanol–water partition coefficient (Wildman–Crippen LogP) is 2.59. The van der Waals surface area contributed by atoms with E-state index in [1.807, 2.05) is 13.8 Å². The van der Waals surface area contributed by atoms with Gasteiger partial charge in [-0.1, -0.05) is 13.8 Å². The van der Waals surface area contributed by atoms with Crippen LogP contribution in [0.3, 0.4) is 0 Å². The standard InChI is InChI=1S/C12H24O3/c1-9(13-6)7-10-11(2,3)8-14-12(4,5)15-10/h9-10H,7-8H2,1-6H3/t9-,10+/m0/s1. The molecular formula is C12H24O3. The van der Waals surface area contributed by atoms with E-state index in [-0.39, 0.29) is 17.6 Å². The van der Waals surface area contributed by atoms with E-state index < -0.39 is 5.79 Å². The molecule has 1 aliphatic heterocycles. The molecule has 15 heavy (non-hydrogen) atoms. The highest BCUT2D eigenvalue weighted by molar-refractivity contribution is 4.86. The second-order valence-electron chi connectivity index (χ2n) is 5.57. The van der Waals surface area contributed by atoms with Gasteiger partial charge in [-0.15, -0.1) is 0 Å². The monoisotopic (exact) mass is 216 g/mol. The first kappa shape index (κ1) is 12.9. The maximum Gasteiger partial charge on any atom is 0.163 e. The van der Waals surface area contributed by atoms with Crippen LogP contribution in [0.2, 0.25) is 0 Å². The van der Waals surface area contributed by atoms with Crippen LogP contribution in [-0.4, -0.2) is 31.7 Å². The molecule has 0 spiro atoms. The molecule has 1 heterocycles. The number of methoxy groups -OCH3 is 1. The Balaban J connectivity index is 2.64. The first-order chi connectivity index (χ1) is 6.77. The first-order valence-electron chi connectivity index (χ1n) is 5.61. The van der Waals surface area contributed by atoms with Crippen molar-refractivity contribution >= 4 is 0 Å². The van der Waals surface area contributed by atoms with Gasteiger partial charge in [0.25, 0.3) is 0 Å². The fourth-order valence-electron chi connectivity index (χ4n) is 1.75. The summed E-state index contributed by atoms with van der Waals surface area (Å²) in [6.45, 7) is 11.1. The average Bonchev–Trinajstić information content (AvgIpc) is 2.12. The van der Waals surface area contributed by atoms with Gasteiger partial charge in [-0.05, 0) is 20.8 Å². The van der Waals surface area contributed by atoms with E-state index in [1.54, 1.807) is 7.11 Å². The number of hydrogen-bond acceptors (Lipinski definition) is 3. The molecule has 0 aromatic heterocycles. The van der Waals surface area contributed by atoms with Crippen LogP contribution in [0.4, 0.5) is 0 Å². The molecule has 3 nitrogen and oxygen atoms in total. The zero-order valence-corrected chi connectivity index (χ0v) is 10.8. The molecule has 1 fully saturated rings. The third kappa shape index (κ3) is 3.44. The Morgan fingerprint density at radius 3 is 2.47 bits per heavy atom. The van der Waals surface area contributed by atoms with E-state index >= 15 is 0 Å². The van der Waals surface area contributed by atoms with E-state index in [0.717, 1.165) is 13.0 Å². The van der Waals surface area contributed by atoms with Crippen molar-refractivity contribution < 1.29 is 14.2 Å². The largest absolute Gasteiger partial charge is 0.382 e. The maximum atomic E-state index is 5.96. The Labute approximate surface area is 93.1 Å². The van der Waals surface area contributed by atoms with Crippen LogP contribution < -0.4 is 0 Å². The minimum Gasteiger partial charge on any atom is -0.382 e. The van der Waals surface area contributed by atoms with Crippen LogP contribution >= 0.6 is 0 Å². The van der Waals surface area contributed by atoms with Crippen LogP contribution in [0.15, 0.2) is 0 Å². The van der Waals surface area contributed by atoms with Crippen molar-refractivity contribution in [2.24, 2.45) is 5.41 Å². The molecule has 0 aromatic rings. The quantitative estimate of drug-likeness (QED) is 0.725. The zero-order chi connectivity index (χ0) is 11.7. The molecule has 90 valence electrons. The van der Waals surface area contributed by atoms with Gasteiger partial charge in [0.15, 0.2) is 5.79 Å². The molecule has 2 atom stereocenters. The first-order valence-corrected chi connectivity index (χ1v) is 5.61. The lowest BCUT2D eigenvalue weighted by molar-refractivity contribution is -0.315. The van der Waals surface area contributed by atoms with Crippen LogP contribution in [0, 0.1) is 5.41 Å². The summed E-state index contributed by atoms with van der Waals surface area (Å²) in [6, 6.07) is 0. The number of rotatable bonds is 3. The molecule has 1 saturated heterocycles. The summed E-state index contributed by atoms with van der Waals surface area (Å²) in [6.07, 6.45) is 1.33. The Morgan fingerprint density at radius 2 is 1.93 bits per heavy atom. The fraction of sp³-hybridized carbons (Fsp3) is 1.00. The van der Waals surface area contributed by atoms with Crippen molar-refractivity contribution in [3.63, 3.8) is 0 Å². The summed E-state index contributed by atoms with van der Waals surface area (Å²) in [5, 5.41) is 0. The summed E-state index contributed by atoms with van der Waals surface area (Å²) >= 11 is 0. The summed E-state index contributed by atoms with van der Waals surface area (Å²) in [5.74, 6) is -0.465. The van der Waals surface area contributed by atoms with Gasteiger partial charge < -0.3 is 14.2 Å². The SMILES string of the molecule is CO[C@@H](C)C[C@H]1OC(C)(C)OCC1(C)C. The third-order valence-corrected chi connectivity index (χ3v) is 3.04. The van der Waals surface area contributed by atoms with Gasteiger partial charge in [-0.2, -0.15) is 0 Å². The topological polar surface area (TPSA) is 27.7 Å². The molecule has 0 N–H and O–H groups in total. The van der Waals surface area contributed by atoms with Gasteiger partial charge in [-0.25, -0.2) is 0 Å². The van der Waals surface area contributed by atoms with Crippen LogP contribution in [0.1, 0.15) is 41.0 Å². The minimum absolute atomic E-state index is 0.0578. The van der Waals surface area contributed by atoms with E-state index in [2.05, 4.69) is 20.8 Å². The molecule has 1 aliphatic rings. The molecule has 0 aromatic carbocycles. The molecule has 0 bridgehead atoms. The average molecular weight is 216 g/mol. The van der Waals surface area contributed by atoms with E-state index in [9.17, 15) is 0 Å². The molecular weight excluding hydrogens is 192 g/mol. The van der Waals surface area contributed by atoms with Crippen LogP contribution in [0.5, 0.6) is 0 Å². The molecule has 3 heteroatoms. The van der Waals surface area contributed by atoms with Gasteiger partial charge in [0.2, 0.25) is 0 Å². The van der Waals surface area contributed by atoms with Gasteiger partial charge in [0.05, 0.1) is 18.8 Å². The fourth-order valence-corrected chi connectivity index (χ4v) is 1.75. The molecule has 0 unspecified atom stereocenters. The lowest BCUT2D eigenvalue weighted by atomic mass is 9.83. The van der Waals surface area contributed by atoms with Gasteiger partial charge in [0.1, 0.15) is 0 Å². The molecule has 0 aliphatic carbocycles. The Kier molecular flexibility index (Phi) is 3.80. The van der Waals surface area contributed by atoms with E-state index in [1.165, 1.54) is 0 Å². The van der Waals surface area contributed by atoms with Crippen molar-refractivity contribution in [1.82, 2.24) is 0 Å². The van der Waals surface area contributed by atoms with Crippen LogP contribution in [0.25, 0.3) is 0 Å².